The van der Waals surface area contributed by atoms with Crippen LogP contribution in [0.2, 0.25) is 0 Å². The first-order valence-electron chi connectivity index (χ1n) is 8.70. The first-order valence-corrected chi connectivity index (χ1v) is 8.70. The highest BCUT2D eigenvalue weighted by Gasteiger charge is 2.23. The van der Waals surface area contributed by atoms with Gasteiger partial charge in [-0.1, -0.05) is 6.07 Å². The number of ether oxygens (including phenoxy) is 2. The van der Waals surface area contributed by atoms with E-state index in [-0.39, 0.29) is 18.9 Å². The number of amides is 2. The summed E-state index contributed by atoms with van der Waals surface area (Å²) >= 11 is 0. The van der Waals surface area contributed by atoms with Gasteiger partial charge in [0.1, 0.15) is 0 Å². The second-order valence-corrected chi connectivity index (χ2v) is 6.51. The maximum Gasteiger partial charge on any atom is 0.315 e. The Bertz CT molecular complexity index is 724. The Labute approximate surface area is 146 Å². The van der Waals surface area contributed by atoms with Gasteiger partial charge in [0.2, 0.25) is 6.79 Å². The van der Waals surface area contributed by atoms with Gasteiger partial charge in [-0.2, -0.15) is 5.10 Å². The third-order valence-electron chi connectivity index (χ3n) is 4.82. The molecular weight excluding hydrogens is 320 g/mol. The maximum absolute atomic E-state index is 12.1. The van der Waals surface area contributed by atoms with Gasteiger partial charge in [-0.25, -0.2) is 4.79 Å². The van der Waals surface area contributed by atoms with E-state index in [0.29, 0.717) is 12.6 Å². The quantitative estimate of drug-likeness (QED) is 0.895. The van der Waals surface area contributed by atoms with Crippen molar-refractivity contribution >= 4 is 6.03 Å². The summed E-state index contributed by atoms with van der Waals surface area (Å²) in [5.41, 5.74) is 0.988. The van der Waals surface area contributed by atoms with E-state index in [1.807, 2.05) is 41.3 Å². The number of carbonyl (C=O) groups excluding carboxylic acids is 1. The number of nitrogens with one attached hydrogen (secondary N) is 2. The Hall–Kier alpha value is -2.70. The average Bonchev–Trinajstić information content (AvgIpc) is 3.32. The Morgan fingerprint density at radius 1 is 1.20 bits per heavy atom. The molecule has 2 amide bonds. The summed E-state index contributed by atoms with van der Waals surface area (Å²) in [4.78, 5) is 12.1. The van der Waals surface area contributed by atoms with Crippen LogP contribution in [0.25, 0.3) is 0 Å². The van der Waals surface area contributed by atoms with Crippen LogP contribution < -0.4 is 20.1 Å². The van der Waals surface area contributed by atoms with Crippen molar-refractivity contribution in [2.45, 2.75) is 44.3 Å². The number of benzene rings is 1. The minimum atomic E-state index is -0.125. The number of aromatic nitrogens is 2. The van der Waals surface area contributed by atoms with Gasteiger partial charge < -0.3 is 20.1 Å². The summed E-state index contributed by atoms with van der Waals surface area (Å²) in [6.45, 7) is 0.721. The fourth-order valence-corrected chi connectivity index (χ4v) is 3.45. The molecule has 1 aliphatic carbocycles. The summed E-state index contributed by atoms with van der Waals surface area (Å²) in [5.74, 6) is 1.48. The number of carbonyl (C=O) groups is 1. The van der Waals surface area contributed by atoms with Gasteiger partial charge in [0, 0.05) is 25.0 Å². The fraction of sp³-hybridized carbons (Fsp3) is 0.444. The van der Waals surface area contributed by atoms with Gasteiger partial charge in [-0.05, 0) is 49.4 Å². The molecule has 0 unspecified atom stereocenters. The van der Waals surface area contributed by atoms with Gasteiger partial charge in [0.25, 0.3) is 0 Å². The lowest BCUT2D eigenvalue weighted by Crippen LogP contribution is -2.43. The number of nitrogens with zero attached hydrogens (tertiary/aromatic N) is 2. The minimum Gasteiger partial charge on any atom is -0.454 e. The van der Waals surface area contributed by atoms with E-state index < -0.39 is 0 Å². The molecule has 25 heavy (non-hydrogen) atoms. The summed E-state index contributed by atoms with van der Waals surface area (Å²) in [5, 5.41) is 10.3. The molecule has 2 aliphatic rings. The molecule has 2 aromatic rings. The normalized spacial score (nSPS) is 21.8. The van der Waals surface area contributed by atoms with Gasteiger partial charge >= 0.3 is 6.03 Å². The van der Waals surface area contributed by atoms with E-state index >= 15 is 0 Å². The lowest BCUT2D eigenvalue weighted by molar-refractivity contribution is 0.174. The van der Waals surface area contributed by atoms with Crippen LogP contribution in [-0.2, 0) is 6.54 Å². The molecule has 1 aromatic carbocycles. The molecule has 0 atom stereocenters. The molecule has 1 saturated carbocycles. The predicted molar refractivity (Wildman–Crippen MR) is 91.5 cm³/mol. The lowest BCUT2D eigenvalue weighted by Gasteiger charge is -2.29. The molecule has 1 aromatic heterocycles. The molecular formula is C18H22N4O3. The number of rotatable bonds is 4. The number of urea groups is 1. The van der Waals surface area contributed by atoms with E-state index in [1.54, 1.807) is 0 Å². The van der Waals surface area contributed by atoms with Crippen LogP contribution in [0.1, 0.15) is 37.3 Å². The molecule has 0 saturated heterocycles. The highest BCUT2D eigenvalue weighted by molar-refractivity contribution is 5.74. The zero-order valence-electron chi connectivity index (χ0n) is 14.0. The van der Waals surface area contributed by atoms with Crippen molar-refractivity contribution in [3.8, 4) is 11.5 Å². The van der Waals surface area contributed by atoms with Crippen molar-refractivity contribution in [2.75, 3.05) is 6.79 Å². The number of hydrogen-bond acceptors (Lipinski definition) is 4. The van der Waals surface area contributed by atoms with Crippen LogP contribution in [0.5, 0.6) is 11.5 Å². The summed E-state index contributed by atoms with van der Waals surface area (Å²) in [6.07, 6.45) is 7.85. The van der Waals surface area contributed by atoms with Crippen LogP contribution in [0.3, 0.4) is 0 Å². The van der Waals surface area contributed by atoms with Crippen LogP contribution in [0.15, 0.2) is 36.7 Å². The lowest BCUT2D eigenvalue weighted by atomic mass is 9.91. The monoisotopic (exact) mass is 342 g/mol. The van der Waals surface area contributed by atoms with Crippen LogP contribution in [0, 0.1) is 0 Å². The molecule has 1 aliphatic heterocycles. The van der Waals surface area contributed by atoms with Crippen molar-refractivity contribution in [2.24, 2.45) is 0 Å². The van der Waals surface area contributed by atoms with Crippen molar-refractivity contribution < 1.29 is 14.3 Å². The molecule has 7 nitrogen and oxygen atoms in total. The standard InChI is InChI=1S/C18H22N4O3/c23-18(19-11-13-2-7-16-17(10-13)25-12-24-16)21-14-3-5-15(6-4-14)22-9-1-8-20-22/h1-2,7-10,14-15H,3-6,11-12H2,(H2,19,21,23). The van der Waals surface area contributed by atoms with Crippen molar-refractivity contribution in [3.63, 3.8) is 0 Å². The van der Waals surface area contributed by atoms with Gasteiger partial charge in [0.05, 0.1) is 6.04 Å². The molecule has 0 spiro atoms. The molecule has 1 fully saturated rings. The summed E-state index contributed by atoms with van der Waals surface area (Å²) < 4.78 is 12.7. The second-order valence-electron chi connectivity index (χ2n) is 6.51. The van der Waals surface area contributed by atoms with E-state index in [1.165, 1.54) is 0 Å². The molecule has 0 bridgehead atoms. The van der Waals surface area contributed by atoms with E-state index in [2.05, 4.69) is 15.7 Å². The molecule has 132 valence electrons. The van der Waals surface area contributed by atoms with Crippen molar-refractivity contribution in [3.05, 3.63) is 42.2 Å². The van der Waals surface area contributed by atoms with Gasteiger partial charge in [-0.3, -0.25) is 4.68 Å². The van der Waals surface area contributed by atoms with Gasteiger partial charge in [0.15, 0.2) is 11.5 Å². The zero-order valence-corrected chi connectivity index (χ0v) is 14.0. The molecule has 0 radical (unpaired) electrons. The van der Waals surface area contributed by atoms with Crippen molar-refractivity contribution in [1.82, 2.24) is 20.4 Å². The zero-order chi connectivity index (χ0) is 17.1. The molecule has 2 heterocycles. The average molecular weight is 342 g/mol. The molecule has 2 N–H and O–H groups in total. The third-order valence-corrected chi connectivity index (χ3v) is 4.82. The van der Waals surface area contributed by atoms with Crippen LogP contribution >= 0.6 is 0 Å². The third kappa shape index (κ3) is 3.70. The topological polar surface area (TPSA) is 77.4 Å². The van der Waals surface area contributed by atoms with E-state index in [4.69, 9.17) is 9.47 Å². The highest BCUT2D eigenvalue weighted by Crippen LogP contribution is 2.32. The first kappa shape index (κ1) is 15.8. The van der Waals surface area contributed by atoms with Crippen molar-refractivity contribution in [1.29, 1.82) is 0 Å². The fourth-order valence-electron chi connectivity index (χ4n) is 3.45. The Balaban J connectivity index is 1.22. The number of fused-ring (bicyclic) bond motifs is 1. The summed E-state index contributed by atoms with van der Waals surface area (Å²) in [6, 6.07) is 8.21. The first-order chi connectivity index (χ1) is 12.3. The summed E-state index contributed by atoms with van der Waals surface area (Å²) in [7, 11) is 0. The molecule has 4 rings (SSSR count). The predicted octanol–water partition coefficient (Wildman–Crippen LogP) is 2.59. The Morgan fingerprint density at radius 2 is 2.04 bits per heavy atom. The second kappa shape index (κ2) is 7.04. The van der Waals surface area contributed by atoms with E-state index in [9.17, 15) is 4.79 Å². The maximum atomic E-state index is 12.1. The highest BCUT2D eigenvalue weighted by atomic mass is 16.7. The van der Waals surface area contributed by atoms with Gasteiger partial charge in [-0.15, -0.1) is 0 Å². The molecule has 7 heteroatoms. The largest absolute Gasteiger partial charge is 0.454 e. The minimum absolute atomic E-state index is 0.125. The van der Waals surface area contributed by atoms with Crippen LogP contribution in [0.4, 0.5) is 4.79 Å². The van der Waals surface area contributed by atoms with E-state index in [0.717, 1.165) is 42.7 Å². The Kier molecular flexibility index (Phi) is 4.45. The smallest absolute Gasteiger partial charge is 0.315 e. The van der Waals surface area contributed by atoms with Crippen LogP contribution in [-0.4, -0.2) is 28.6 Å². The number of hydrogen-bond donors (Lipinski definition) is 2. The SMILES string of the molecule is O=C(NCc1ccc2c(c1)OCO2)NC1CCC(n2cccn2)CC1. The Morgan fingerprint density at radius 3 is 2.84 bits per heavy atom.